The summed E-state index contributed by atoms with van der Waals surface area (Å²) in [6, 6.07) is 11.0. The minimum Gasteiger partial charge on any atom is -0.439 e. The Hall–Kier alpha value is -1.61. The van der Waals surface area contributed by atoms with Crippen LogP contribution in [0.5, 0.6) is 0 Å². The molecule has 3 atom stereocenters. The molecule has 122 valence electrons. The maximum Gasteiger partial charge on any atom is 0.209 e. The summed E-state index contributed by atoms with van der Waals surface area (Å²) in [7, 11) is 0. The minimum atomic E-state index is 0.736. The lowest BCUT2D eigenvalue weighted by atomic mass is 9.72. The lowest BCUT2D eigenvalue weighted by molar-refractivity contribution is 0.0155. The van der Waals surface area contributed by atoms with Gasteiger partial charge in [-0.2, -0.15) is 0 Å². The molecule has 23 heavy (non-hydrogen) atoms. The monoisotopic (exact) mass is 310 g/mol. The highest BCUT2D eigenvalue weighted by Crippen LogP contribution is 2.39. The molecule has 2 aromatic rings. The first-order valence-electron chi connectivity index (χ1n) is 9.05. The molecule has 2 heterocycles. The number of piperidine rings is 1. The highest BCUT2D eigenvalue weighted by Gasteiger charge is 2.37. The van der Waals surface area contributed by atoms with E-state index in [1.54, 1.807) is 0 Å². The Morgan fingerprint density at radius 3 is 2.83 bits per heavy atom. The highest BCUT2D eigenvalue weighted by atomic mass is 16.4. The molecular formula is C20H26N2O. The van der Waals surface area contributed by atoms with Crippen molar-refractivity contribution in [2.75, 3.05) is 6.54 Å². The van der Waals surface area contributed by atoms with Gasteiger partial charge in [-0.05, 0) is 37.6 Å². The summed E-state index contributed by atoms with van der Waals surface area (Å²) in [4.78, 5) is 7.16. The van der Waals surface area contributed by atoms with Crippen molar-refractivity contribution in [3.63, 3.8) is 0 Å². The molecule has 0 radical (unpaired) electrons. The van der Waals surface area contributed by atoms with E-state index in [2.05, 4.69) is 28.9 Å². The topological polar surface area (TPSA) is 29.3 Å². The average molecular weight is 310 g/mol. The molecule has 1 saturated heterocycles. The van der Waals surface area contributed by atoms with Gasteiger partial charge in [-0.15, -0.1) is 0 Å². The molecular weight excluding hydrogens is 284 g/mol. The zero-order valence-electron chi connectivity index (χ0n) is 13.9. The Labute approximate surface area is 138 Å². The van der Waals surface area contributed by atoms with Gasteiger partial charge in [0.15, 0.2) is 5.76 Å². The van der Waals surface area contributed by atoms with E-state index in [0.717, 1.165) is 41.6 Å². The third-order valence-electron chi connectivity index (χ3n) is 5.80. The van der Waals surface area contributed by atoms with Crippen molar-refractivity contribution >= 4 is 0 Å². The van der Waals surface area contributed by atoms with E-state index in [0.29, 0.717) is 0 Å². The zero-order valence-corrected chi connectivity index (χ0v) is 13.9. The molecule has 2 aliphatic rings. The number of rotatable bonds is 3. The highest BCUT2D eigenvalue weighted by molar-refractivity contribution is 5.55. The third-order valence-corrected chi connectivity index (χ3v) is 5.80. The van der Waals surface area contributed by atoms with Gasteiger partial charge in [0.25, 0.3) is 0 Å². The Balaban J connectivity index is 1.48. The van der Waals surface area contributed by atoms with Gasteiger partial charge in [0.2, 0.25) is 5.89 Å². The number of aromatic nitrogens is 1. The van der Waals surface area contributed by atoms with Gasteiger partial charge >= 0.3 is 0 Å². The van der Waals surface area contributed by atoms with Crippen LogP contribution in [-0.4, -0.2) is 22.5 Å². The molecule has 1 aliphatic carbocycles. The van der Waals surface area contributed by atoms with Gasteiger partial charge < -0.3 is 4.42 Å². The van der Waals surface area contributed by atoms with E-state index in [1.807, 2.05) is 24.4 Å². The molecule has 2 fully saturated rings. The van der Waals surface area contributed by atoms with Crippen molar-refractivity contribution in [1.82, 2.24) is 9.88 Å². The van der Waals surface area contributed by atoms with Gasteiger partial charge in [0.1, 0.15) is 0 Å². The molecule has 0 N–H and O–H groups in total. The van der Waals surface area contributed by atoms with Crippen LogP contribution < -0.4 is 0 Å². The molecule has 0 bridgehead atoms. The molecule has 4 rings (SSSR count). The fraction of sp³-hybridized carbons (Fsp3) is 0.550. The van der Waals surface area contributed by atoms with E-state index >= 15 is 0 Å². The lowest BCUT2D eigenvalue weighted by Gasteiger charge is -2.47. The minimum absolute atomic E-state index is 0.736. The largest absolute Gasteiger partial charge is 0.439 e. The summed E-state index contributed by atoms with van der Waals surface area (Å²) >= 11 is 0. The van der Waals surface area contributed by atoms with Crippen LogP contribution in [0.15, 0.2) is 40.9 Å². The quantitative estimate of drug-likeness (QED) is 0.820. The van der Waals surface area contributed by atoms with E-state index in [9.17, 15) is 0 Å². The normalized spacial score (nSPS) is 28.5. The molecule has 0 amide bonds. The third kappa shape index (κ3) is 3.07. The zero-order chi connectivity index (χ0) is 15.6. The first-order chi connectivity index (χ1) is 11.3. The second kappa shape index (κ2) is 6.48. The lowest BCUT2D eigenvalue weighted by Crippen LogP contribution is -2.49. The van der Waals surface area contributed by atoms with Crippen LogP contribution in [0.4, 0.5) is 0 Å². The van der Waals surface area contributed by atoms with Crippen LogP contribution in [0.25, 0.3) is 11.3 Å². The number of hydrogen-bond donors (Lipinski definition) is 0. The molecule has 1 saturated carbocycles. The van der Waals surface area contributed by atoms with Crippen LogP contribution >= 0.6 is 0 Å². The number of hydrogen-bond acceptors (Lipinski definition) is 3. The standard InChI is InChI=1S/C20H26N2O/c1-15-11-12-22(18-10-6-5-9-17(15)18)14-20-21-13-19(23-20)16-7-3-2-4-8-16/h2-4,7-8,13,15,17-18H,5-6,9-12,14H2,1H3/t15-,17-,18+/m1/s1. The van der Waals surface area contributed by atoms with E-state index < -0.39 is 0 Å². The summed E-state index contributed by atoms with van der Waals surface area (Å²) in [6.07, 6.45) is 8.73. The molecule has 1 aliphatic heterocycles. The number of oxazole rings is 1. The fourth-order valence-corrected chi connectivity index (χ4v) is 4.50. The maximum atomic E-state index is 6.03. The van der Waals surface area contributed by atoms with Crippen LogP contribution in [0.1, 0.15) is 44.9 Å². The Morgan fingerprint density at radius 2 is 1.96 bits per heavy atom. The van der Waals surface area contributed by atoms with Gasteiger partial charge in [-0.3, -0.25) is 4.90 Å². The summed E-state index contributed by atoms with van der Waals surface area (Å²) in [5.74, 6) is 3.50. The first kappa shape index (κ1) is 14.9. The predicted octanol–water partition coefficient (Wildman–Crippen LogP) is 4.74. The van der Waals surface area contributed by atoms with E-state index in [-0.39, 0.29) is 0 Å². The van der Waals surface area contributed by atoms with Crippen molar-refractivity contribution < 1.29 is 4.42 Å². The molecule has 3 heteroatoms. The maximum absolute atomic E-state index is 6.03. The van der Waals surface area contributed by atoms with Gasteiger partial charge in [-0.1, -0.05) is 50.1 Å². The first-order valence-corrected chi connectivity index (χ1v) is 9.05. The summed E-state index contributed by atoms with van der Waals surface area (Å²) < 4.78 is 6.03. The van der Waals surface area contributed by atoms with Crippen molar-refractivity contribution in [2.24, 2.45) is 11.8 Å². The number of fused-ring (bicyclic) bond motifs is 1. The Morgan fingerprint density at radius 1 is 1.13 bits per heavy atom. The second-order valence-corrected chi connectivity index (χ2v) is 7.24. The fourth-order valence-electron chi connectivity index (χ4n) is 4.50. The number of nitrogens with zero attached hydrogens (tertiary/aromatic N) is 2. The number of benzene rings is 1. The summed E-state index contributed by atoms with van der Waals surface area (Å²) in [6.45, 7) is 4.49. The van der Waals surface area contributed by atoms with Gasteiger partial charge in [0, 0.05) is 11.6 Å². The van der Waals surface area contributed by atoms with E-state index in [4.69, 9.17) is 4.42 Å². The van der Waals surface area contributed by atoms with Crippen LogP contribution in [0.3, 0.4) is 0 Å². The molecule has 1 aromatic heterocycles. The summed E-state index contributed by atoms with van der Waals surface area (Å²) in [5, 5.41) is 0. The van der Waals surface area contributed by atoms with Crippen LogP contribution in [0.2, 0.25) is 0 Å². The van der Waals surface area contributed by atoms with Crippen molar-refractivity contribution in [2.45, 2.75) is 51.6 Å². The Bertz CT molecular complexity index is 636. The van der Waals surface area contributed by atoms with Gasteiger partial charge in [0.05, 0.1) is 12.7 Å². The van der Waals surface area contributed by atoms with Crippen molar-refractivity contribution in [1.29, 1.82) is 0 Å². The molecule has 3 nitrogen and oxygen atoms in total. The van der Waals surface area contributed by atoms with Crippen molar-refractivity contribution in [3.8, 4) is 11.3 Å². The van der Waals surface area contributed by atoms with E-state index in [1.165, 1.54) is 38.6 Å². The summed E-state index contributed by atoms with van der Waals surface area (Å²) in [5.41, 5.74) is 1.11. The van der Waals surface area contributed by atoms with Crippen LogP contribution in [-0.2, 0) is 6.54 Å². The van der Waals surface area contributed by atoms with Gasteiger partial charge in [-0.25, -0.2) is 4.98 Å². The SMILES string of the molecule is C[C@@H]1CCN(Cc2ncc(-c3ccccc3)o2)[C@H]2CCCC[C@H]12. The number of likely N-dealkylation sites (tertiary alicyclic amines) is 1. The Kier molecular flexibility index (Phi) is 4.21. The predicted molar refractivity (Wildman–Crippen MR) is 91.9 cm³/mol. The van der Waals surface area contributed by atoms with Crippen molar-refractivity contribution in [3.05, 3.63) is 42.4 Å². The smallest absolute Gasteiger partial charge is 0.209 e. The molecule has 1 aromatic carbocycles. The molecule has 0 spiro atoms. The average Bonchev–Trinajstić information content (AvgIpc) is 3.07. The molecule has 0 unspecified atom stereocenters. The van der Waals surface area contributed by atoms with Crippen LogP contribution in [0, 0.1) is 11.8 Å². The second-order valence-electron chi connectivity index (χ2n) is 7.24.